The Morgan fingerprint density at radius 1 is 0.778 bits per heavy atom. The minimum Gasteiger partial charge on any atom is -0.355 e. The molecule has 0 spiro atoms. The van der Waals surface area contributed by atoms with Gasteiger partial charge in [0.25, 0.3) is 11.8 Å². The molecule has 3 amide bonds. The first-order valence-corrected chi connectivity index (χ1v) is 12.5. The average molecular weight is 586 g/mol. The predicted octanol–water partition coefficient (Wildman–Crippen LogP) is 6.78. The Morgan fingerprint density at radius 3 is 2.00 bits per heavy atom. The number of anilines is 2. The molecule has 0 saturated heterocycles. The number of alkyl halides is 2. The fraction of sp³-hybridized carbons (Fsp3) is 0.160. The molecule has 36 heavy (non-hydrogen) atoms. The summed E-state index contributed by atoms with van der Waals surface area (Å²) in [7, 11) is 1.53. The van der Waals surface area contributed by atoms with Gasteiger partial charge in [-0.1, -0.05) is 34.8 Å². The van der Waals surface area contributed by atoms with Crippen molar-refractivity contribution in [3.05, 3.63) is 92.4 Å². The molecule has 6 nitrogen and oxygen atoms in total. The van der Waals surface area contributed by atoms with Gasteiger partial charge in [-0.15, -0.1) is 23.2 Å². The van der Waals surface area contributed by atoms with Crippen LogP contribution in [0.2, 0.25) is 15.1 Å². The van der Waals surface area contributed by atoms with Crippen LogP contribution in [0.3, 0.4) is 0 Å². The van der Waals surface area contributed by atoms with Crippen molar-refractivity contribution in [3.8, 4) is 0 Å². The molecule has 1 saturated carbocycles. The summed E-state index contributed by atoms with van der Waals surface area (Å²) in [5.41, 5.74) is 2.04. The van der Waals surface area contributed by atoms with Crippen LogP contribution in [0.5, 0.6) is 0 Å². The lowest BCUT2D eigenvalue weighted by Gasteiger charge is -2.11. The SMILES string of the molecule is CNC(=O)c1ccc(NC(=O)c2cc(NC(=O)[C@@H]3[C@@H](c4cc(Cl)cc(Cl)c4)C3(Cl)Cl)ccc2Cl)cc1. The summed E-state index contributed by atoms with van der Waals surface area (Å²) in [6, 6.07) is 15.8. The van der Waals surface area contributed by atoms with Crippen LogP contribution >= 0.6 is 58.0 Å². The minimum absolute atomic E-state index is 0.141. The first-order chi connectivity index (χ1) is 17.0. The molecule has 3 aromatic rings. The molecule has 2 atom stereocenters. The number of carbonyl (C=O) groups excluding carboxylic acids is 3. The smallest absolute Gasteiger partial charge is 0.257 e. The molecule has 3 N–H and O–H groups in total. The summed E-state index contributed by atoms with van der Waals surface area (Å²) in [5.74, 6) is -2.44. The zero-order chi connectivity index (χ0) is 26.2. The fourth-order valence-corrected chi connectivity index (χ4v) is 5.44. The number of nitrogens with one attached hydrogen (secondary N) is 3. The molecule has 0 unspecified atom stereocenters. The van der Waals surface area contributed by atoms with Crippen molar-refractivity contribution in [1.29, 1.82) is 0 Å². The molecule has 4 rings (SSSR count). The molecular formula is C25H18Cl5N3O3. The number of halogens is 5. The highest BCUT2D eigenvalue weighted by Gasteiger charge is 2.67. The van der Waals surface area contributed by atoms with Crippen LogP contribution in [-0.4, -0.2) is 29.1 Å². The predicted molar refractivity (Wildman–Crippen MR) is 145 cm³/mol. The van der Waals surface area contributed by atoms with Gasteiger partial charge in [-0.25, -0.2) is 0 Å². The lowest BCUT2D eigenvalue weighted by Crippen LogP contribution is -2.19. The number of hydrogen-bond donors (Lipinski definition) is 3. The Hall–Kier alpha value is -2.48. The summed E-state index contributed by atoms with van der Waals surface area (Å²) in [6.45, 7) is 0. The molecule has 0 aromatic heterocycles. The van der Waals surface area contributed by atoms with E-state index in [-0.39, 0.29) is 16.5 Å². The molecular weight excluding hydrogens is 568 g/mol. The van der Waals surface area contributed by atoms with Gasteiger partial charge in [0.15, 0.2) is 0 Å². The van der Waals surface area contributed by atoms with Crippen LogP contribution < -0.4 is 16.0 Å². The molecule has 0 radical (unpaired) electrons. The Morgan fingerprint density at radius 2 is 1.39 bits per heavy atom. The molecule has 186 valence electrons. The summed E-state index contributed by atoms with van der Waals surface area (Å²) in [6.07, 6.45) is 0. The van der Waals surface area contributed by atoms with Crippen molar-refractivity contribution in [2.24, 2.45) is 5.92 Å². The van der Waals surface area contributed by atoms with E-state index in [0.29, 0.717) is 32.5 Å². The van der Waals surface area contributed by atoms with Gasteiger partial charge < -0.3 is 16.0 Å². The maximum absolute atomic E-state index is 13.0. The lowest BCUT2D eigenvalue weighted by molar-refractivity contribution is -0.117. The van der Waals surface area contributed by atoms with Crippen molar-refractivity contribution < 1.29 is 14.4 Å². The van der Waals surface area contributed by atoms with Gasteiger partial charge >= 0.3 is 0 Å². The third kappa shape index (κ3) is 5.58. The van der Waals surface area contributed by atoms with Gasteiger partial charge in [0.05, 0.1) is 16.5 Å². The zero-order valence-corrected chi connectivity index (χ0v) is 22.3. The van der Waals surface area contributed by atoms with Gasteiger partial charge in [0, 0.05) is 39.9 Å². The van der Waals surface area contributed by atoms with E-state index in [0.717, 1.165) is 0 Å². The number of rotatable bonds is 6. The standard InChI is InChI=1S/C25H18Cl5N3O3/c1-31-22(34)12-2-4-16(5-3-12)32-23(35)18-11-17(6-7-19(18)28)33-24(36)21-20(25(21,29)30)13-8-14(26)10-15(27)9-13/h2-11,20-21H,1H3,(H,31,34)(H,32,35)(H,33,36)/t20-,21+/m1/s1. The second-order valence-corrected chi connectivity index (χ2v) is 10.9. The number of amides is 3. The Bertz CT molecular complexity index is 1340. The highest BCUT2D eigenvalue weighted by molar-refractivity contribution is 6.53. The minimum atomic E-state index is -1.34. The normalized spacial score (nSPS) is 17.7. The van der Waals surface area contributed by atoms with E-state index in [1.807, 2.05) is 0 Å². The monoisotopic (exact) mass is 583 g/mol. The number of hydrogen-bond acceptors (Lipinski definition) is 3. The van der Waals surface area contributed by atoms with Crippen molar-refractivity contribution in [1.82, 2.24) is 5.32 Å². The van der Waals surface area contributed by atoms with Crippen molar-refractivity contribution in [3.63, 3.8) is 0 Å². The van der Waals surface area contributed by atoms with Crippen LogP contribution in [0.4, 0.5) is 11.4 Å². The molecule has 0 aliphatic heterocycles. The summed E-state index contributed by atoms with van der Waals surface area (Å²) in [5, 5.41) is 8.99. The summed E-state index contributed by atoms with van der Waals surface area (Å²) < 4.78 is -1.34. The first kappa shape index (κ1) is 26.6. The van der Waals surface area contributed by atoms with Gasteiger partial charge in [0.1, 0.15) is 4.33 Å². The highest BCUT2D eigenvalue weighted by atomic mass is 35.5. The zero-order valence-electron chi connectivity index (χ0n) is 18.5. The molecule has 3 aromatic carbocycles. The van der Waals surface area contributed by atoms with Crippen LogP contribution in [0, 0.1) is 5.92 Å². The second-order valence-electron chi connectivity index (χ2n) is 8.13. The van der Waals surface area contributed by atoms with E-state index in [1.165, 1.54) is 19.2 Å². The summed E-state index contributed by atoms with van der Waals surface area (Å²) in [4.78, 5) is 37.5. The molecule has 11 heteroatoms. The van der Waals surface area contributed by atoms with Crippen molar-refractivity contribution >= 4 is 87.1 Å². The Kier molecular flexibility index (Phi) is 7.74. The number of carbonyl (C=O) groups is 3. The van der Waals surface area contributed by atoms with Gasteiger partial charge in [0.2, 0.25) is 5.91 Å². The highest BCUT2D eigenvalue weighted by Crippen LogP contribution is 2.65. The van der Waals surface area contributed by atoms with Crippen molar-refractivity contribution in [2.75, 3.05) is 17.7 Å². The van der Waals surface area contributed by atoms with E-state index in [4.69, 9.17) is 58.0 Å². The molecule has 1 fully saturated rings. The summed E-state index contributed by atoms with van der Waals surface area (Å²) >= 11 is 31.2. The lowest BCUT2D eigenvalue weighted by atomic mass is 10.1. The van der Waals surface area contributed by atoms with Crippen LogP contribution in [0.1, 0.15) is 32.2 Å². The largest absolute Gasteiger partial charge is 0.355 e. The third-order valence-corrected chi connectivity index (χ3v) is 7.40. The average Bonchev–Trinajstić information content (AvgIpc) is 3.41. The van der Waals surface area contributed by atoms with E-state index in [9.17, 15) is 14.4 Å². The van der Waals surface area contributed by atoms with Crippen LogP contribution in [-0.2, 0) is 4.79 Å². The Labute approximate surface area is 232 Å². The van der Waals surface area contributed by atoms with Crippen LogP contribution in [0.25, 0.3) is 0 Å². The Balaban J connectivity index is 1.48. The topological polar surface area (TPSA) is 87.3 Å². The quantitative estimate of drug-likeness (QED) is 0.279. The number of benzene rings is 3. The van der Waals surface area contributed by atoms with E-state index >= 15 is 0 Å². The van der Waals surface area contributed by atoms with Gasteiger partial charge in [-0.05, 0) is 66.2 Å². The first-order valence-electron chi connectivity index (χ1n) is 10.6. The van der Waals surface area contributed by atoms with E-state index < -0.39 is 28.0 Å². The maximum atomic E-state index is 13.0. The molecule has 0 heterocycles. The maximum Gasteiger partial charge on any atom is 0.257 e. The fourth-order valence-electron chi connectivity index (χ4n) is 3.87. The van der Waals surface area contributed by atoms with Gasteiger partial charge in [-0.2, -0.15) is 0 Å². The van der Waals surface area contributed by atoms with E-state index in [2.05, 4.69) is 16.0 Å². The third-order valence-electron chi connectivity index (χ3n) is 5.69. The molecule has 1 aliphatic carbocycles. The van der Waals surface area contributed by atoms with Crippen molar-refractivity contribution in [2.45, 2.75) is 10.3 Å². The second kappa shape index (κ2) is 10.5. The van der Waals surface area contributed by atoms with Gasteiger partial charge in [-0.3, -0.25) is 14.4 Å². The van der Waals surface area contributed by atoms with E-state index in [1.54, 1.807) is 48.5 Å². The van der Waals surface area contributed by atoms with Crippen LogP contribution in [0.15, 0.2) is 60.7 Å². The molecule has 0 bridgehead atoms. The molecule has 1 aliphatic rings.